The van der Waals surface area contributed by atoms with Crippen molar-refractivity contribution in [3.05, 3.63) is 58.7 Å². The zero-order valence-electron chi connectivity index (χ0n) is 20.2. The highest BCUT2D eigenvalue weighted by atomic mass is 32.2. The monoisotopic (exact) mass is 532 g/mol. The average Bonchev–Trinajstić information content (AvgIpc) is 3.25. The molecule has 0 bridgehead atoms. The normalized spacial score (nSPS) is 16.5. The van der Waals surface area contributed by atoms with Crippen molar-refractivity contribution in [2.75, 3.05) is 19.8 Å². The second-order valence-corrected chi connectivity index (χ2v) is 9.04. The molecule has 1 N–H and O–H groups in total. The van der Waals surface area contributed by atoms with Crippen LogP contribution in [0.25, 0.3) is 6.08 Å². The number of amidine groups is 2. The molecule has 2 aliphatic heterocycles. The Bertz CT molecular complexity index is 1320. The SMILES string of the molecule is CCOc1cc(C=C2C(=N)N3N=C(C(F)(F)F)SC3=NC2=O)ccc1OCCOc1cc(C)cc(C)c1. The van der Waals surface area contributed by atoms with Gasteiger partial charge in [-0.05, 0) is 79.6 Å². The van der Waals surface area contributed by atoms with Gasteiger partial charge >= 0.3 is 6.18 Å². The highest BCUT2D eigenvalue weighted by Crippen LogP contribution is 2.36. The molecule has 194 valence electrons. The minimum Gasteiger partial charge on any atom is -0.490 e. The van der Waals surface area contributed by atoms with Crippen LogP contribution in [0.15, 0.2) is 52.1 Å². The molecule has 0 unspecified atom stereocenters. The minimum absolute atomic E-state index is 0.200. The summed E-state index contributed by atoms with van der Waals surface area (Å²) in [6.07, 6.45) is -3.35. The van der Waals surface area contributed by atoms with Gasteiger partial charge in [-0.1, -0.05) is 12.1 Å². The van der Waals surface area contributed by atoms with Crippen molar-refractivity contribution in [3.63, 3.8) is 0 Å². The number of alkyl halides is 3. The molecule has 0 aliphatic carbocycles. The molecule has 0 fully saturated rings. The van der Waals surface area contributed by atoms with Gasteiger partial charge in [-0.15, -0.1) is 0 Å². The topological polar surface area (TPSA) is 96.6 Å². The molecule has 2 aromatic rings. The first-order chi connectivity index (χ1) is 17.5. The smallest absolute Gasteiger partial charge is 0.441 e. The maximum Gasteiger partial charge on any atom is 0.441 e. The lowest BCUT2D eigenvalue weighted by molar-refractivity contribution is -0.114. The zero-order chi connectivity index (χ0) is 26.7. The fourth-order valence-corrected chi connectivity index (χ4v) is 4.36. The summed E-state index contributed by atoms with van der Waals surface area (Å²) in [4.78, 5) is 16.2. The van der Waals surface area contributed by atoms with Crippen LogP contribution in [-0.4, -0.2) is 53.0 Å². The number of ether oxygens (including phenoxy) is 3. The molecule has 0 atom stereocenters. The van der Waals surface area contributed by atoms with E-state index in [1.54, 1.807) is 25.1 Å². The zero-order valence-corrected chi connectivity index (χ0v) is 21.0. The van der Waals surface area contributed by atoms with Gasteiger partial charge in [-0.25, -0.2) is 0 Å². The van der Waals surface area contributed by atoms with Crippen molar-refractivity contribution in [3.8, 4) is 17.2 Å². The molecule has 2 aromatic carbocycles. The van der Waals surface area contributed by atoms with Gasteiger partial charge < -0.3 is 14.2 Å². The van der Waals surface area contributed by atoms with Gasteiger partial charge in [-0.3, -0.25) is 10.2 Å². The van der Waals surface area contributed by atoms with Crippen molar-refractivity contribution in [2.24, 2.45) is 10.1 Å². The summed E-state index contributed by atoms with van der Waals surface area (Å²) in [7, 11) is 0. The molecule has 4 rings (SSSR count). The molecule has 37 heavy (non-hydrogen) atoms. The van der Waals surface area contributed by atoms with Crippen LogP contribution in [0.2, 0.25) is 0 Å². The number of carbonyl (C=O) groups excluding carboxylic acids is 1. The van der Waals surface area contributed by atoms with Gasteiger partial charge in [0.2, 0.25) is 10.2 Å². The number of rotatable bonds is 8. The fourth-order valence-electron chi connectivity index (χ4n) is 3.60. The molecule has 0 saturated carbocycles. The maximum atomic E-state index is 13.0. The molecular weight excluding hydrogens is 509 g/mol. The number of fused-ring (bicyclic) bond motifs is 1. The van der Waals surface area contributed by atoms with E-state index in [0.29, 0.717) is 35.3 Å². The lowest BCUT2D eigenvalue weighted by atomic mass is 10.1. The summed E-state index contributed by atoms with van der Waals surface area (Å²) >= 11 is 0.203. The first-order valence-corrected chi connectivity index (χ1v) is 12.0. The van der Waals surface area contributed by atoms with E-state index in [-0.39, 0.29) is 29.1 Å². The summed E-state index contributed by atoms with van der Waals surface area (Å²) in [5, 5.41) is 10.9. The van der Waals surface area contributed by atoms with E-state index < -0.39 is 23.0 Å². The fraction of sp³-hybridized carbons (Fsp3) is 0.280. The highest BCUT2D eigenvalue weighted by Gasteiger charge is 2.46. The summed E-state index contributed by atoms with van der Waals surface area (Å²) in [6.45, 7) is 6.69. The van der Waals surface area contributed by atoms with Gasteiger partial charge in [0.15, 0.2) is 17.3 Å². The Labute approximate surface area is 215 Å². The quantitative estimate of drug-likeness (QED) is 0.364. The molecular formula is C25H23F3N4O4S. The molecule has 8 nitrogen and oxygen atoms in total. The molecule has 0 spiro atoms. The van der Waals surface area contributed by atoms with Crippen LogP contribution < -0.4 is 14.2 Å². The minimum atomic E-state index is -4.70. The van der Waals surface area contributed by atoms with E-state index in [4.69, 9.17) is 19.6 Å². The Balaban J connectivity index is 1.48. The Morgan fingerprint density at radius 3 is 2.41 bits per heavy atom. The van der Waals surface area contributed by atoms with E-state index in [2.05, 4.69) is 16.2 Å². The van der Waals surface area contributed by atoms with Gasteiger partial charge in [0.1, 0.15) is 19.0 Å². The lowest BCUT2D eigenvalue weighted by Gasteiger charge is -2.20. The number of halogens is 3. The van der Waals surface area contributed by atoms with Crippen molar-refractivity contribution in [2.45, 2.75) is 26.9 Å². The first kappa shape index (κ1) is 26.3. The third-order valence-corrected chi connectivity index (χ3v) is 6.03. The number of benzene rings is 2. The van der Waals surface area contributed by atoms with Gasteiger partial charge in [0.05, 0.1) is 12.2 Å². The first-order valence-electron chi connectivity index (χ1n) is 11.2. The summed E-state index contributed by atoms with van der Waals surface area (Å²) in [5.41, 5.74) is 2.47. The molecule has 1 amide bonds. The number of nitrogens with zero attached hydrogens (tertiary/aromatic N) is 3. The van der Waals surface area contributed by atoms with E-state index in [1.165, 1.54) is 6.08 Å². The Kier molecular flexibility index (Phi) is 7.58. The number of hydrazone groups is 1. The molecule has 0 aromatic heterocycles. The predicted octanol–water partition coefficient (Wildman–Crippen LogP) is 5.34. The van der Waals surface area contributed by atoms with E-state index in [9.17, 15) is 18.0 Å². The van der Waals surface area contributed by atoms with Crippen LogP contribution in [0, 0.1) is 19.3 Å². The Hall–Kier alpha value is -3.80. The number of aliphatic imine (C=N–C) groups is 1. The van der Waals surface area contributed by atoms with Crippen LogP contribution in [0.5, 0.6) is 17.2 Å². The highest BCUT2D eigenvalue weighted by molar-refractivity contribution is 8.27. The molecule has 0 saturated heterocycles. The van der Waals surface area contributed by atoms with Crippen molar-refractivity contribution in [1.29, 1.82) is 5.41 Å². The van der Waals surface area contributed by atoms with Crippen LogP contribution >= 0.6 is 11.8 Å². The molecule has 2 heterocycles. The van der Waals surface area contributed by atoms with Crippen LogP contribution in [0.4, 0.5) is 13.2 Å². The van der Waals surface area contributed by atoms with Crippen LogP contribution in [0.1, 0.15) is 23.6 Å². The summed E-state index contributed by atoms with van der Waals surface area (Å²) in [5.74, 6) is 0.277. The second-order valence-electron chi connectivity index (χ2n) is 8.08. The largest absolute Gasteiger partial charge is 0.490 e. The summed E-state index contributed by atoms with van der Waals surface area (Å²) < 4.78 is 56.3. The Morgan fingerprint density at radius 2 is 1.73 bits per heavy atom. The van der Waals surface area contributed by atoms with E-state index in [0.717, 1.165) is 16.9 Å². The average molecular weight is 533 g/mol. The number of thioether (sulfide) groups is 1. The molecule has 2 aliphatic rings. The lowest BCUT2D eigenvalue weighted by Crippen LogP contribution is -2.35. The van der Waals surface area contributed by atoms with Crippen LogP contribution in [-0.2, 0) is 4.79 Å². The van der Waals surface area contributed by atoms with Gasteiger partial charge in [0.25, 0.3) is 5.91 Å². The van der Waals surface area contributed by atoms with Crippen LogP contribution in [0.3, 0.4) is 0 Å². The maximum absolute atomic E-state index is 13.0. The number of nitrogens with one attached hydrogen (secondary N) is 1. The van der Waals surface area contributed by atoms with Crippen molar-refractivity contribution < 1.29 is 32.2 Å². The predicted molar refractivity (Wildman–Crippen MR) is 136 cm³/mol. The summed E-state index contributed by atoms with van der Waals surface area (Å²) in [6, 6.07) is 10.8. The van der Waals surface area contributed by atoms with E-state index in [1.807, 2.05) is 26.0 Å². The van der Waals surface area contributed by atoms with Crippen molar-refractivity contribution in [1.82, 2.24) is 5.01 Å². The second kappa shape index (κ2) is 10.7. The number of hydrogen-bond donors (Lipinski definition) is 1. The number of carbonyl (C=O) groups is 1. The van der Waals surface area contributed by atoms with Crippen molar-refractivity contribution >= 4 is 39.8 Å². The third-order valence-electron chi connectivity index (χ3n) is 5.08. The Morgan fingerprint density at radius 1 is 1.03 bits per heavy atom. The van der Waals surface area contributed by atoms with Gasteiger partial charge in [0, 0.05) is 0 Å². The number of hydrogen-bond acceptors (Lipinski definition) is 7. The standard InChI is InChI=1S/C25H23F3N4O4S/c1-4-34-20-13-16(5-6-19(20)36-8-7-35-17-10-14(2)9-15(3)11-17)12-18-21(29)32-24(30-22(18)33)37-23(31-32)25(26,27)28/h5-6,9-13,29H,4,7-8H2,1-3H3. The number of aryl methyl sites for hydroxylation is 2. The molecule has 12 heteroatoms. The van der Waals surface area contributed by atoms with Gasteiger partial charge in [-0.2, -0.15) is 28.3 Å². The number of amides is 1. The molecule has 0 radical (unpaired) electrons. The van der Waals surface area contributed by atoms with E-state index >= 15 is 0 Å². The third kappa shape index (κ3) is 6.13.